The van der Waals surface area contributed by atoms with E-state index < -0.39 is 0 Å². The molecule has 0 aromatic carbocycles. The van der Waals surface area contributed by atoms with Crippen LogP contribution >= 0.6 is 11.5 Å². The Bertz CT molecular complexity index is 522. The highest BCUT2D eigenvalue weighted by atomic mass is 32.1. The van der Waals surface area contributed by atoms with Crippen LogP contribution in [0.25, 0.3) is 11.4 Å². The Morgan fingerprint density at radius 2 is 2.39 bits per heavy atom. The number of hydrogen-bond donors (Lipinski definition) is 2. The first kappa shape index (κ1) is 11.4. The number of hydrogen-bond acceptors (Lipinski definition) is 7. The lowest BCUT2D eigenvalue weighted by atomic mass is 10.3. The summed E-state index contributed by atoms with van der Waals surface area (Å²) >= 11 is 1.26. The summed E-state index contributed by atoms with van der Waals surface area (Å²) in [4.78, 5) is 4.30. The highest BCUT2D eigenvalue weighted by Gasteiger charge is 2.16. The summed E-state index contributed by atoms with van der Waals surface area (Å²) in [7, 11) is 0. The summed E-state index contributed by atoms with van der Waals surface area (Å²) in [5, 5.41) is 3.74. The molecular weight excluding hydrogens is 252 g/mol. The van der Waals surface area contributed by atoms with Gasteiger partial charge in [-0.15, -0.1) is 0 Å². The Kier molecular flexibility index (Phi) is 3.09. The minimum absolute atomic E-state index is 0.104. The lowest BCUT2D eigenvalue weighted by Gasteiger charge is -2.11. The summed E-state index contributed by atoms with van der Waals surface area (Å²) in [5.41, 5.74) is 7.20. The smallest absolute Gasteiger partial charge is 0.175 e. The average Bonchev–Trinajstić information content (AvgIpc) is 3.02. The molecule has 18 heavy (non-hydrogen) atoms. The fraction of sp³-hybridized carbons (Fsp3) is 0.273. The van der Waals surface area contributed by atoms with Crippen LogP contribution in [-0.4, -0.2) is 28.9 Å². The summed E-state index contributed by atoms with van der Waals surface area (Å²) in [5.74, 6) is 0.699. The molecule has 1 aliphatic rings. The first-order valence-electron chi connectivity index (χ1n) is 5.48. The van der Waals surface area contributed by atoms with Crippen LogP contribution in [0, 0.1) is 0 Å². The number of nitrogens with zero attached hydrogens (tertiary/aromatic N) is 2. The zero-order chi connectivity index (χ0) is 12.4. The van der Waals surface area contributed by atoms with Crippen molar-refractivity contribution >= 4 is 16.5 Å². The molecule has 1 fully saturated rings. The van der Waals surface area contributed by atoms with Crippen molar-refractivity contribution in [3.05, 3.63) is 24.4 Å². The predicted molar refractivity (Wildman–Crippen MR) is 68.1 cm³/mol. The third-order valence-corrected chi connectivity index (χ3v) is 3.10. The quantitative estimate of drug-likeness (QED) is 0.863. The van der Waals surface area contributed by atoms with Crippen LogP contribution in [0.15, 0.2) is 24.4 Å². The Labute approximate surface area is 108 Å². The van der Waals surface area contributed by atoms with Crippen molar-refractivity contribution in [3.63, 3.8) is 0 Å². The van der Waals surface area contributed by atoms with E-state index in [-0.39, 0.29) is 6.23 Å². The topological polar surface area (TPSA) is 82.3 Å². The molecule has 2 aromatic heterocycles. The van der Waals surface area contributed by atoms with Crippen molar-refractivity contribution in [2.45, 2.75) is 6.23 Å². The van der Waals surface area contributed by atoms with E-state index in [1.54, 1.807) is 12.3 Å². The van der Waals surface area contributed by atoms with Gasteiger partial charge in [-0.3, -0.25) is 10.3 Å². The third kappa shape index (κ3) is 2.42. The van der Waals surface area contributed by atoms with Gasteiger partial charge in [-0.1, -0.05) is 0 Å². The minimum Gasteiger partial charge on any atom is -0.471 e. The fourth-order valence-electron chi connectivity index (χ4n) is 1.63. The fourth-order valence-corrected chi connectivity index (χ4v) is 2.14. The standard InChI is InChI=1S/C11H12N4O2S/c12-10-3-9(15-18-10)8-2-1-7(4-13-8)17-11-5-16-6-14-11/h1-4,11,14H,5-6,12H2. The Balaban J connectivity index is 1.72. The van der Waals surface area contributed by atoms with Gasteiger partial charge in [0.05, 0.1) is 25.2 Å². The van der Waals surface area contributed by atoms with Crippen molar-refractivity contribution in [2.24, 2.45) is 0 Å². The molecule has 0 spiro atoms. The van der Waals surface area contributed by atoms with Gasteiger partial charge in [0.1, 0.15) is 16.4 Å². The number of pyridine rings is 1. The molecule has 0 bridgehead atoms. The molecule has 3 N–H and O–H groups in total. The number of nitrogens with one attached hydrogen (secondary N) is 1. The SMILES string of the molecule is Nc1cc(-c2ccc(OC3COCN3)cn2)ns1. The first-order chi connectivity index (χ1) is 8.81. The summed E-state index contributed by atoms with van der Waals surface area (Å²) in [6, 6.07) is 5.53. The molecule has 0 amide bonds. The van der Waals surface area contributed by atoms with Crippen LogP contribution in [0.4, 0.5) is 5.00 Å². The molecule has 94 valence electrons. The van der Waals surface area contributed by atoms with Gasteiger partial charge in [-0.2, -0.15) is 4.37 Å². The molecule has 0 saturated carbocycles. The van der Waals surface area contributed by atoms with E-state index in [2.05, 4.69) is 14.7 Å². The summed E-state index contributed by atoms with van der Waals surface area (Å²) in [6.45, 7) is 1.07. The summed E-state index contributed by atoms with van der Waals surface area (Å²) < 4.78 is 15.0. The van der Waals surface area contributed by atoms with Gasteiger partial charge in [0.25, 0.3) is 0 Å². The van der Waals surface area contributed by atoms with Gasteiger partial charge in [-0.25, -0.2) is 0 Å². The van der Waals surface area contributed by atoms with Crippen LogP contribution in [0.3, 0.4) is 0 Å². The van der Waals surface area contributed by atoms with Crippen LogP contribution in [0.2, 0.25) is 0 Å². The number of rotatable bonds is 3. The van der Waals surface area contributed by atoms with Gasteiger partial charge in [0.2, 0.25) is 0 Å². The van der Waals surface area contributed by atoms with E-state index in [0.717, 1.165) is 11.4 Å². The van der Waals surface area contributed by atoms with Crippen molar-refractivity contribution in [1.29, 1.82) is 0 Å². The molecule has 3 rings (SSSR count). The second kappa shape index (κ2) is 4.89. The second-order valence-electron chi connectivity index (χ2n) is 3.82. The van der Waals surface area contributed by atoms with Crippen LogP contribution < -0.4 is 15.8 Å². The van der Waals surface area contributed by atoms with Crippen molar-refractivity contribution in [2.75, 3.05) is 19.1 Å². The monoisotopic (exact) mass is 264 g/mol. The average molecular weight is 264 g/mol. The predicted octanol–water partition coefficient (Wildman–Crippen LogP) is 1.07. The van der Waals surface area contributed by atoms with Gasteiger partial charge in [-0.05, 0) is 23.7 Å². The highest BCUT2D eigenvalue weighted by Crippen LogP contribution is 2.23. The molecule has 1 atom stereocenters. The lowest BCUT2D eigenvalue weighted by molar-refractivity contribution is 0.139. The maximum absolute atomic E-state index is 5.64. The van der Waals surface area contributed by atoms with Gasteiger partial charge < -0.3 is 15.2 Å². The molecule has 1 unspecified atom stereocenters. The van der Waals surface area contributed by atoms with Crippen LogP contribution in [0.1, 0.15) is 0 Å². The molecule has 6 nitrogen and oxygen atoms in total. The van der Waals surface area contributed by atoms with Crippen LogP contribution in [0.5, 0.6) is 5.75 Å². The van der Waals surface area contributed by atoms with E-state index in [1.165, 1.54) is 11.5 Å². The van der Waals surface area contributed by atoms with Gasteiger partial charge >= 0.3 is 0 Å². The van der Waals surface area contributed by atoms with Crippen molar-refractivity contribution in [3.8, 4) is 17.1 Å². The van der Waals surface area contributed by atoms with Gasteiger partial charge in [0.15, 0.2) is 6.23 Å². The third-order valence-electron chi connectivity index (χ3n) is 2.49. The molecule has 2 aromatic rings. The van der Waals surface area contributed by atoms with E-state index in [0.29, 0.717) is 24.1 Å². The van der Waals surface area contributed by atoms with E-state index in [4.69, 9.17) is 15.2 Å². The van der Waals surface area contributed by atoms with Gasteiger partial charge in [0, 0.05) is 6.07 Å². The maximum Gasteiger partial charge on any atom is 0.175 e. The molecular formula is C11H12N4O2S. The number of aromatic nitrogens is 2. The maximum atomic E-state index is 5.64. The molecule has 0 radical (unpaired) electrons. The molecule has 1 aliphatic heterocycles. The number of nitrogens with two attached hydrogens (primary N) is 1. The second-order valence-corrected chi connectivity index (χ2v) is 4.66. The molecule has 7 heteroatoms. The number of nitrogen functional groups attached to an aromatic ring is 1. The first-order valence-corrected chi connectivity index (χ1v) is 6.25. The highest BCUT2D eigenvalue weighted by molar-refractivity contribution is 7.10. The van der Waals surface area contributed by atoms with Crippen LogP contribution in [-0.2, 0) is 4.74 Å². The van der Waals surface area contributed by atoms with E-state index in [9.17, 15) is 0 Å². The Hall–Kier alpha value is -1.70. The largest absolute Gasteiger partial charge is 0.471 e. The summed E-state index contributed by atoms with van der Waals surface area (Å²) in [6.07, 6.45) is 1.57. The van der Waals surface area contributed by atoms with Crippen molar-refractivity contribution < 1.29 is 9.47 Å². The lowest BCUT2D eigenvalue weighted by Crippen LogP contribution is -2.29. The Morgan fingerprint density at radius 1 is 1.44 bits per heavy atom. The molecule has 3 heterocycles. The normalized spacial score (nSPS) is 19.0. The molecule has 0 aliphatic carbocycles. The number of anilines is 1. The van der Waals surface area contributed by atoms with Crippen molar-refractivity contribution in [1.82, 2.24) is 14.7 Å². The van der Waals surface area contributed by atoms with E-state index in [1.807, 2.05) is 12.1 Å². The minimum atomic E-state index is -0.104. The Morgan fingerprint density at radius 3 is 3.00 bits per heavy atom. The zero-order valence-electron chi connectivity index (χ0n) is 9.50. The van der Waals surface area contributed by atoms with E-state index >= 15 is 0 Å². The molecule has 1 saturated heterocycles. The number of ether oxygens (including phenoxy) is 2. The zero-order valence-corrected chi connectivity index (χ0v) is 10.3.